The van der Waals surface area contributed by atoms with Crippen LogP contribution in [0, 0.1) is 6.92 Å². The van der Waals surface area contributed by atoms with Crippen LogP contribution in [-0.4, -0.2) is 9.97 Å². The quantitative estimate of drug-likeness (QED) is 0.928. The Hall–Kier alpha value is -1.82. The highest BCUT2D eigenvalue weighted by Crippen LogP contribution is 2.28. The van der Waals surface area contributed by atoms with Crippen molar-refractivity contribution >= 4 is 17.5 Å². The molecule has 0 aliphatic rings. The molecule has 2 rings (SSSR count). The molecule has 0 spiro atoms. The van der Waals surface area contributed by atoms with E-state index in [0.717, 1.165) is 11.6 Å². The largest absolute Gasteiger partial charge is 0.433 e. The molecule has 0 fully saturated rings. The normalized spacial score (nSPS) is 11.4. The first kappa shape index (κ1) is 14.6. The van der Waals surface area contributed by atoms with E-state index in [9.17, 15) is 13.2 Å². The lowest BCUT2D eigenvalue weighted by Crippen LogP contribution is -2.12. The van der Waals surface area contributed by atoms with Crippen molar-refractivity contribution < 1.29 is 13.2 Å². The number of rotatable bonds is 3. The van der Waals surface area contributed by atoms with Crippen molar-refractivity contribution in [3.63, 3.8) is 0 Å². The lowest BCUT2D eigenvalue weighted by Gasteiger charge is -2.10. The summed E-state index contributed by atoms with van der Waals surface area (Å²) in [5.74, 6) is -0.0720. The predicted molar refractivity (Wildman–Crippen MR) is 70.5 cm³/mol. The Labute approximate surface area is 118 Å². The molecule has 0 atom stereocenters. The highest BCUT2D eigenvalue weighted by atomic mass is 35.5. The number of alkyl halides is 3. The molecule has 0 aliphatic carbocycles. The summed E-state index contributed by atoms with van der Waals surface area (Å²) in [7, 11) is 0. The maximum atomic E-state index is 12.6. The van der Waals surface area contributed by atoms with Crippen molar-refractivity contribution in [1.82, 2.24) is 9.97 Å². The van der Waals surface area contributed by atoms with Crippen molar-refractivity contribution in [3.05, 3.63) is 52.3 Å². The van der Waals surface area contributed by atoms with E-state index >= 15 is 0 Å². The van der Waals surface area contributed by atoms with E-state index in [4.69, 9.17) is 11.6 Å². The number of aromatic nitrogens is 2. The third-order valence-corrected chi connectivity index (χ3v) is 2.91. The summed E-state index contributed by atoms with van der Waals surface area (Å²) in [4.78, 5) is 7.39. The topological polar surface area (TPSA) is 37.8 Å². The van der Waals surface area contributed by atoms with Gasteiger partial charge in [0.25, 0.3) is 0 Å². The Kier molecular flexibility index (Phi) is 4.13. The number of nitrogens with one attached hydrogen (secondary N) is 1. The predicted octanol–water partition coefficient (Wildman–Crippen LogP) is 4.07. The van der Waals surface area contributed by atoms with Gasteiger partial charge in [0.1, 0.15) is 5.69 Å². The van der Waals surface area contributed by atoms with E-state index in [1.165, 1.54) is 6.92 Å². The van der Waals surface area contributed by atoms with Crippen molar-refractivity contribution in [2.24, 2.45) is 0 Å². The number of halogens is 4. The van der Waals surface area contributed by atoms with E-state index in [1.807, 2.05) is 0 Å². The third kappa shape index (κ3) is 3.60. The minimum absolute atomic E-state index is 0.0720. The van der Waals surface area contributed by atoms with Crippen molar-refractivity contribution in [2.45, 2.75) is 19.6 Å². The molecule has 0 aliphatic heterocycles. The molecular weight excluding hydrogens is 291 g/mol. The summed E-state index contributed by atoms with van der Waals surface area (Å²) in [5, 5.41) is 3.28. The van der Waals surface area contributed by atoms with Gasteiger partial charge in [-0.3, -0.25) is 0 Å². The second-order valence-electron chi connectivity index (χ2n) is 4.16. The number of anilines is 1. The van der Waals surface area contributed by atoms with Crippen LogP contribution in [0.3, 0.4) is 0 Å². The number of nitrogens with zero attached hydrogens (tertiary/aromatic N) is 2. The Bertz CT molecular complexity index is 614. The molecule has 1 aromatic heterocycles. The lowest BCUT2D eigenvalue weighted by atomic mass is 10.2. The van der Waals surface area contributed by atoms with Gasteiger partial charge in [-0.05, 0) is 24.6 Å². The van der Waals surface area contributed by atoms with Crippen LogP contribution in [0.15, 0.2) is 30.3 Å². The lowest BCUT2D eigenvalue weighted by molar-refractivity contribution is -0.141. The fourth-order valence-corrected chi connectivity index (χ4v) is 1.81. The van der Waals surface area contributed by atoms with Gasteiger partial charge in [-0.15, -0.1) is 0 Å². The molecule has 1 N–H and O–H groups in total. The SMILES string of the molecule is Cc1cc(C(F)(F)F)nc(NCc2ccccc2Cl)n1. The Balaban J connectivity index is 2.18. The van der Waals surface area contributed by atoms with E-state index in [1.54, 1.807) is 24.3 Å². The molecule has 0 saturated carbocycles. The summed E-state index contributed by atoms with van der Waals surface area (Å²) in [6.07, 6.45) is -4.49. The molecule has 1 aromatic carbocycles. The first-order chi connectivity index (χ1) is 9.36. The van der Waals surface area contributed by atoms with Crippen LogP contribution < -0.4 is 5.32 Å². The van der Waals surface area contributed by atoms with E-state index in [2.05, 4.69) is 15.3 Å². The molecule has 0 radical (unpaired) electrons. The standard InChI is InChI=1S/C13H11ClF3N3/c1-8-6-11(13(15,16)17)20-12(19-8)18-7-9-4-2-3-5-10(9)14/h2-6H,7H2,1H3,(H,18,19,20). The van der Waals surface area contributed by atoms with Gasteiger partial charge in [0.2, 0.25) is 5.95 Å². The molecule has 0 amide bonds. The minimum Gasteiger partial charge on any atom is -0.350 e. The molecular formula is C13H11ClF3N3. The van der Waals surface area contributed by atoms with Gasteiger partial charge >= 0.3 is 6.18 Å². The molecule has 0 bridgehead atoms. The molecule has 0 saturated heterocycles. The zero-order chi connectivity index (χ0) is 14.8. The van der Waals surface area contributed by atoms with Gasteiger partial charge in [-0.1, -0.05) is 29.8 Å². The molecule has 106 valence electrons. The smallest absolute Gasteiger partial charge is 0.350 e. The fraction of sp³-hybridized carbons (Fsp3) is 0.231. The van der Waals surface area contributed by atoms with Crippen LogP contribution in [0.5, 0.6) is 0 Å². The number of hydrogen-bond acceptors (Lipinski definition) is 3. The van der Waals surface area contributed by atoms with E-state index < -0.39 is 11.9 Å². The van der Waals surface area contributed by atoms with Crippen LogP contribution in [0.2, 0.25) is 5.02 Å². The second kappa shape index (κ2) is 5.66. The highest BCUT2D eigenvalue weighted by molar-refractivity contribution is 6.31. The highest BCUT2D eigenvalue weighted by Gasteiger charge is 2.33. The summed E-state index contributed by atoms with van der Waals surface area (Å²) in [5.41, 5.74) is 0.0356. The van der Waals surface area contributed by atoms with Gasteiger partial charge in [0.05, 0.1) is 0 Å². The average molecular weight is 302 g/mol. The van der Waals surface area contributed by atoms with Gasteiger partial charge < -0.3 is 5.32 Å². The van der Waals surface area contributed by atoms with Crippen molar-refractivity contribution in [1.29, 1.82) is 0 Å². The van der Waals surface area contributed by atoms with Crippen LogP contribution in [0.25, 0.3) is 0 Å². The summed E-state index contributed by atoms with van der Waals surface area (Å²) in [6, 6.07) is 7.95. The van der Waals surface area contributed by atoms with Crippen LogP contribution in [-0.2, 0) is 12.7 Å². The van der Waals surface area contributed by atoms with Crippen LogP contribution in [0.4, 0.5) is 19.1 Å². The maximum Gasteiger partial charge on any atom is 0.433 e. The first-order valence-electron chi connectivity index (χ1n) is 5.76. The number of aryl methyl sites for hydroxylation is 1. The molecule has 3 nitrogen and oxygen atoms in total. The van der Waals surface area contributed by atoms with E-state index in [-0.39, 0.29) is 18.2 Å². The van der Waals surface area contributed by atoms with Gasteiger partial charge in [0, 0.05) is 17.3 Å². The molecule has 7 heteroatoms. The van der Waals surface area contributed by atoms with Crippen molar-refractivity contribution in [2.75, 3.05) is 5.32 Å². The maximum absolute atomic E-state index is 12.6. The minimum atomic E-state index is -4.49. The average Bonchev–Trinajstić information content (AvgIpc) is 2.36. The van der Waals surface area contributed by atoms with Gasteiger partial charge in [-0.2, -0.15) is 13.2 Å². The first-order valence-corrected chi connectivity index (χ1v) is 6.14. The molecule has 0 unspecified atom stereocenters. The molecule has 2 aromatic rings. The van der Waals surface area contributed by atoms with Gasteiger partial charge in [0.15, 0.2) is 0 Å². The summed E-state index contributed by atoms with van der Waals surface area (Å²) < 4.78 is 37.9. The Morgan fingerprint density at radius 1 is 1.20 bits per heavy atom. The number of benzene rings is 1. The zero-order valence-electron chi connectivity index (χ0n) is 10.5. The third-order valence-electron chi connectivity index (χ3n) is 2.54. The second-order valence-corrected chi connectivity index (χ2v) is 4.57. The van der Waals surface area contributed by atoms with Crippen LogP contribution >= 0.6 is 11.6 Å². The van der Waals surface area contributed by atoms with E-state index in [0.29, 0.717) is 5.02 Å². The Morgan fingerprint density at radius 2 is 1.90 bits per heavy atom. The zero-order valence-corrected chi connectivity index (χ0v) is 11.3. The monoisotopic (exact) mass is 301 g/mol. The summed E-state index contributed by atoms with van der Waals surface area (Å²) >= 11 is 5.96. The Morgan fingerprint density at radius 3 is 2.55 bits per heavy atom. The molecule has 1 heterocycles. The number of hydrogen-bond donors (Lipinski definition) is 1. The van der Waals surface area contributed by atoms with Crippen LogP contribution in [0.1, 0.15) is 17.0 Å². The van der Waals surface area contributed by atoms with Gasteiger partial charge in [-0.25, -0.2) is 9.97 Å². The fourth-order valence-electron chi connectivity index (χ4n) is 1.61. The van der Waals surface area contributed by atoms with Crippen molar-refractivity contribution in [3.8, 4) is 0 Å². The molecule has 20 heavy (non-hydrogen) atoms. The summed E-state index contributed by atoms with van der Waals surface area (Å²) in [6.45, 7) is 1.73.